The minimum Gasteiger partial charge on any atom is -0.493 e. The van der Waals surface area contributed by atoms with Crippen molar-refractivity contribution in [2.24, 2.45) is 0 Å². The molecule has 0 spiro atoms. The number of Topliss-reactive ketones (excluding diaryl/α,β-unsaturated/α-hetero) is 1. The average molecular weight is 362 g/mol. The van der Waals surface area contributed by atoms with Gasteiger partial charge in [0.25, 0.3) is 0 Å². The molecule has 0 unspecified atom stereocenters. The van der Waals surface area contributed by atoms with E-state index >= 15 is 0 Å². The highest BCUT2D eigenvalue weighted by Gasteiger charge is 2.16. The van der Waals surface area contributed by atoms with Crippen LogP contribution in [0.15, 0.2) is 72.8 Å². The first kappa shape index (κ1) is 18.5. The predicted molar refractivity (Wildman–Crippen MR) is 105 cm³/mol. The van der Waals surface area contributed by atoms with Crippen LogP contribution in [0.25, 0.3) is 0 Å². The average Bonchev–Trinajstić information content (AvgIpc) is 2.71. The Morgan fingerprint density at radius 1 is 0.741 bits per heavy atom. The van der Waals surface area contributed by atoms with Gasteiger partial charge in [-0.1, -0.05) is 60.7 Å². The van der Waals surface area contributed by atoms with Crippen molar-refractivity contribution in [2.75, 3.05) is 7.11 Å². The van der Waals surface area contributed by atoms with Crippen molar-refractivity contribution in [1.29, 1.82) is 0 Å². The number of hydrogen-bond donors (Lipinski definition) is 0. The van der Waals surface area contributed by atoms with Crippen molar-refractivity contribution in [3.63, 3.8) is 0 Å². The number of hydrogen-bond acceptors (Lipinski definition) is 4. The SMILES string of the molecule is COc1cc(C(C)=O)c(OCc2ccccc2)cc1OCc1ccccc1. The maximum absolute atomic E-state index is 12.1. The monoisotopic (exact) mass is 362 g/mol. The highest BCUT2D eigenvalue weighted by Crippen LogP contribution is 2.36. The standard InChI is InChI=1S/C23H22O4/c1-17(24)20-13-22(25-2)23(27-16-19-11-7-4-8-12-19)14-21(20)26-15-18-9-5-3-6-10-18/h3-14H,15-16H2,1-2H3. The molecule has 3 rings (SSSR count). The van der Waals surface area contributed by atoms with Crippen LogP contribution in [0.4, 0.5) is 0 Å². The Morgan fingerprint density at radius 2 is 1.26 bits per heavy atom. The minimum absolute atomic E-state index is 0.0917. The molecule has 0 radical (unpaired) electrons. The highest BCUT2D eigenvalue weighted by atomic mass is 16.5. The number of ketones is 1. The normalized spacial score (nSPS) is 10.3. The number of carbonyl (C=O) groups is 1. The van der Waals surface area contributed by atoms with E-state index in [1.807, 2.05) is 60.7 Å². The van der Waals surface area contributed by atoms with E-state index in [9.17, 15) is 4.79 Å². The lowest BCUT2D eigenvalue weighted by Crippen LogP contribution is -2.05. The molecule has 138 valence electrons. The van der Waals surface area contributed by atoms with Crippen LogP contribution in [0.5, 0.6) is 17.2 Å². The molecule has 0 aliphatic heterocycles. The number of methoxy groups -OCH3 is 1. The van der Waals surface area contributed by atoms with Crippen molar-refractivity contribution >= 4 is 5.78 Å². The molecule has 0 amide bonds. The number of carbonyl (C=O) groups excluding carboxylic acids is 1. The van der Waals surface area contributed by atoms with Gasteiger partial charge < -0.3 is 14.2 Å². The molecule has 0 aliphatic carbocycles. The summed E-state index contributed by atoms with van der Waals surface area (Å²) in [5.74, 6) is 1.43. The van der Waals surface area contributed by atoms with Gasteiger partial charge in [0.2, 0.25) is 0 Å². The van der Waals surface area contributed by atoms with Crippen LogP contribution < -0.4 is 14.2 Å². The summed E-state index contributed by atoms with van der Waals surface area (Å²) in [7, 11) is 1.55. The molecule has 3 aromatic carbocycles. The van der Waals surface area contributed by atoms with E-state index in [-0.39, 0.29) is 5.78 Å². The molecule has 0 heterocycles. The van der Waals surface area contributed by atoms with E-state index in [4.69, 9.17) is 14.2 Å². The minimum atomic E-state index is -0.0917. The van der Waals surface area contributed by atoms with Crippen molar-refractivity contribution in [3.8, 4) is 17.2 Å². The van der Waals surface area contributed by atoms with Crippen LogP contribution >= 0.6 is 0 Å². The van der Waals surface area contributed by atoms with Crippen LogP contribution in [0, 0.1) is 0 Å². The Hall–Kier alpha value is -3.27. The molecule has 0 bridgehead atoms. The van der Waals surface area contributed by atoms with Gasteiger partial charge in [-0.15, -0.1) is 0 Å². The van der Waals surface area contributed by atoms with E-state index in [2.05, 4.69) is 0 Å². The fourth-order valence-electron chi connectivity index (χ4n) is 2.68. The molecule has 0 N–H and O–H groups in total. The first-order valence-electron chi connectivity index (χ1n) is 8.74. The molecule has 0 aliphatic rings. The molecular weight excluding hydrogens is 340 g/mol. The molecule has 0 saturated heterocycles. The molecule has 3 aromatic rings. The first-order valence-corrected chi connectivity index (χ1v) is 8.74. The molecular formula is C23H22O4. The summed E-state index contributed by atoms with van der Waals surface area (Å²) in [6.45, 7) is 2.27. The van der Waals surface area contributed by atoms with Gasteiger partial charge in [0, 0.05) is 6.07 Å². The van der Waals surface area contributed by atoms with E-state index in [0.717, 1.165) is 11.1 Å². The van der Waals surface area contributed by atoms with Crippen LogP contribution in [-0.2, 0) is 13.2 Å². The Labute approximate surface area is 159 Å². The maximum atomic E-state index is 12.1. The third-order valence-electron chi connectivity index (χ3n) is 4.12. The third kappa shape index (κ3) is 4.88. The van der Waals surface area contributed by atoms with Gasteiger partial charge in [0.05, 0.1) is 12.7 Å². The lowest BCUT2D eigenvalue weighted by atomic mass is 10.1. The fourth-order valence-corrected chi connectivity index (χ4v) is 2.68. The number of benzene rings is 3. The second-order valence-electron chi connectivity index (χ2n) is 6.10. The van der Waals surface area contributed by atoms with Gasteiger partial charge in [-0.25, -0.2) is 0 Å². The van der Waals surface area contributed by atoms with Crippen LogP contribution in [0.1, 0.15) is 28.4 Å². The lowest BCUT2D eigenvalue weighted by molar-refractivity contribution is 0.101. The summed E-state index contributed by atoms with van der Waals surface area (Å²) in [6.07, 6.45) is 0. The summed E-state index contributed by atoms with van der Waals surface area (Å²) in [5.41, 5.74) is 2.53. The zero-order valence-corrected chi connectivity index (χ0v) is 15.5. The van der Waals surface area contributed by atoms with Gasteiger partial charge in [-0.2, -0.15) is 0 Å². The smallest absolute Gasteiger partial charge is 0.165 e. The van der Waals surface area contributed by atoms with Crippen molar-refractivity contribution in [1.82, 2.24) is 0 Å². The Balaban J connectivity index is 1.84. The van der Waals surface area contributed by atoms with Gasteiger partial charge in [0.1, 0.15) is 19.0 Å². The van der Waals surface area contributed by atoms with Gasteiger partial charge in [-0.3, -0.25) is 4.79 Å². The first-order chi connectivity index (χ1) is 13.2. The molecule has 0 saturated carbocycles. The topological polar surface area (TPSA) is 44.8 Å². The van der Waals surface area contributed by atoms with E-state index in [0.29, 0.717) is 36.0 Å². The predicted octanol–water partition coefficient (Wildman–Crippen LogP) is 5.06. The highest BCUT2D eigenvalue weighted by molar-refractivity contribution is 5.97. The Bertz CT molecular complexity index is 889. The zero-order chi connectivity index (χ0) is 19.1. The maximum Gasteiger partial charge on any atom is 0.165 e. The second kappa shape index (κ2) is 8.90. The molecule has 27 heavy (non-hydrogen) atoms. The summed E-state index contributed by atoms with van der Waals surface area (Å²) >= 11 is 0. The van der Waals surface area contributed by atoms with E-state index in [1.54, 1.807) is 19.2 Å². The van der Waals surface area contributed by atoms with E-state index in [1.165, 1.54) is 6.92 Å². The number of rotatable bonds is 8. The molecule has 0 fully saturated rings. The molecule has 0 aromatic heterocycles. The van der Waals surface area contributed by atoms with Gasteiger partial charge >= 0.3 is 0 Å². The Kier molecular flexibility index (Phi) is 6.10. The fraction of sp³-hybridized carbons (Fsp3) is 0.174. The largest absolute Gasteiger partial charge is 0.493 e. The molecule has 0 atom stereocenters. The molecule has 4 nitrogen and oxygen atoms in total. The van der Waals surface area contributed by atoms with Gasteiger partial charge in [-0.05, 0) is 24.1 Å². The van der Waals surface area contributed by atoms with Crippen molar-refractivity contribution in [2.45, 2.75) is 20.1 Å². The van der Waals surface area contributed by atoms with E-state index < -0.39 is 0 Å². The Morgan fingerprint density at radius 3 is 1.74 bits per heavy atom. The van der Waals surface area contributed by atoms with Crippen LogP contribution in [-0.4, -0.2) is 12.9 Å². The number of ether oxygens (including phenoxy) is 3. The quantitative estimate of drug-likeness (QED) is 0.526. The van der Waals surface area contributed by atoms with Crippen molar-refractivity contribution < 1.29 is 19.0 Å². The summed E-state index contributed by atoms with van der Waals surface area (Å²) < 4.78 is 17.3. The summed E-state index contributed by atoms with van der Waals surface area (Å²) in [6, 6.07) is 23.1. The summed E-state index contributed by atoms with van der Waals surface area (Å²) in [4.78, 5) is 12.1. The second-order valence-corrected chi connectivity index (χ2v) is 6.10. The lowest BCUT2D eigenvalue weighted by Gasteiger charge is -2.16. The van der Waals surface area contributed by atoms with Crippen molar-refractivity contribution in [3.05, 3.63) is 89.5 Å². The van der Waals surface area contributed by atoms with Crippen LogP contribution in [0.3, 0.4) is 0 Å². The third-order valence-corrected chi connectivity index (χ3v) is 4.12. The zero-order valence-electron chi connectivity index (χ0n) is 15.5. The molecule has 4 heteroatoms. The summed E-state index contributed by atoms with van der Waals surface area (Å²) in [5, 5.41) is 0. The van der Waals surface area contributed by atoms with Gasteiger partial charge in [0.15, 0.2) is 17.3 Å². The van der Waals surface area contributed by atoms with Crippen LogP contribution in [0.2, 0.25) is 0 Å².